The first-order chi connectivity index (χ1) is 5.15. The number of aromatic nitrogens is 1. The molecule has 0 radical (unpaired) electrons. The molecule has 0 atom stereocenters. The van der Waals surface area contributed by atoms with Gasteiger partial charge in [-0.05, 0) is 13.0 Å². The van der Waals surface area contributed by atoms with Crippen molar-refractivity contribution in [3.63, 3.8) is 0 Å². The third-order valence-corrected chi connectivity index (χ3v) is 1.26. The maximum Gasteiger partial charge on any atom is 1.00 e. The average molecular weight is 171 g/mol. The molecule has 4 nitrogen and oxygen atoms in total. The van der Waals surface area contributed by atoms with Crippen molar-refractivity contribution >= 4 is 11.5 Å². The van der Waals surface area contributed by atoms with Gasteiger partial charge < -0.3 is 10.8 Å². The van der Waals surface area contributed by atoms with Crippen molar-refractivity contribution in [1.82, 2.24) is 4.98 Å². The summed E-state index contributed by atoms with van der Waals surface area (Å²) in [5, 5.41) is 11.0. The number of pyridine rings is 1. The van der Waals surface area contributed by atoms with E-state index in [2.05, 4.69) is 9.83 Å². The fraction of sp³-hybridized carbons (Fsp3) is 0.143. The van der Waals surface area contributed by atoms with Crippen molar-refractivity contribution in [2.75, 3.05) is 5.73 Å². The van der Waals surface area contributed by atoms with Crippen molar-refractivity contribution < 1.29 is 34.7 Å². The van der Waals surface area contributed by atoms with Gasteiger partial charge in [0.1, 0.15) is 5.82 Å². The Bertz CT molecular complexity index is 309. The summed E-state index contributed by atoms with van der Waals surface area (Å²) in [6, 6.07) is 1.15. The third-order valence-electron chi connectivity index (χ3n) is 1.26. The summed E-state index contributed by atoms with van der Waals surface area (Å²) in [6.07, 6.45) is 0. The molecule has 0 aliphatic carbocycles. The Morgan fingerprint density at radius 1 is 1.67 bits per heavy atom. The van der Waals surface area contributed by atoms with E-state index < -0.39 is 0 Å². The molecule has 0 unspecified atom stereocenters. The van der Waals surface area contributed by atoms with E-state index in [0.717, 1.165) is 6.07 Å². The molecule has 0 saturated heterocycles. The third kappa shape index (κ3) is 2.11. The Balaban J connectivity index is 0.00000121. The molecule has 0 bridgehead atoms. The second-order valence-corrected chi connectivity index (χ2v) is 2.09. The summed E-state index contributed by atoms with van der Waals surface area (Å²) in [6.45, 7) is 8.23. The molecule has 1 heterocycles. The molecule has 1 rings (SSSR count). The predicted molar refractivity (Wildman–Crippen MR) is 39.1 cm³/mol. The first kappa shape index (κ1) is 11.2. The number of nitrogen functional groups attached to an aromatic ring is 1. The number of hydrogen-bond donors (Lipinski definition) is 1. The van der Waals surface area contributed by atoms with Gasteiger partial charge in [0.05, 0.1) is 6.57 Å². The molecule has 1 aromatic heterocycles. The molecule has 12 heavy (non-hydrogen) atoms. The summed E-state index contributed by atoms with van der Waals surface area (Å²) < 4.78 is 0. The summed E-state index contributed by atoms with van der Waals surface area (Å²) in [4.78, 5) is 6.80. The van der Waals surface area contributed by atoms with Crippen molar-refractivity contribution in [2.45, 2.75) is 6.92 Å². The molecule has 0 fully saturated rings. The van der Waals surface area contributed by atoms with Gasteiger partial charge in [0.25, 0.3) is 0 Å². The molecule has 0 aliphatic heterocycles. The van der Waals surface area contributed by atoms with Crippen LogP contribution in [-0.4, -0.2) is 4.98 Å². The van der Waals surface area contributed by atoms with Gasteiger partial charge >= 0.3 is 29.6 Å². The van der Waals surface area contributed by atoms with E-state index >= 15 is 0 Å². The second-order valence-electron chi connectivity index (χ2n) is 2.09. The van der Waals surface area contributed by atoms with Crippen molar-refractivity contribution in [1.29, 1.82) is 0 Å². The maximum atomic E-state index is 11.0. The van der Waals surface area contributed by atoms with Gasteiger partial charge in [0.2, 0.25) is 0 Å². The van der Waals surface area contributed by atoms with Crippen LogP contribution in [0, 0.1) is 13.5 Å². The minimum absolute atomic E-state index is 0. The number of aryl methyl sites for hydroxylation is 1. The van der Waals surface area contributed by atoms with Gasteiger partial charge in [-0.3, -0.25) is 0 Å². The fourth-order valence-corrected chi connectivity index (χ4v) is 0.796. The van der Waals surface area contributed by atoms with Crippen LogP contribution in [0.15, 0.2) is 6.07 Å². The van der Waals surface area contributed by atoms with Crippen molar-refractivity contribution in [3.05, 3.63) is 23.2 Å². The van der Waals surface area contributed by atoms with Gasteiger partial charge in [-0.25, -0.2) is 9.83 Å². The molecular formula is C7H6N3NaO. The normalized spacial score (nSPS) is 8.33. The zero-order chi connectivity index (χ0) is 8.43. The monoisotopic (exact) mass is 171 g/mol. The van der Waals surface area contributed by atoms with Gasteiger partial charge in [-0.2, -0.15) is 0 Å². The minimum Gasteiger partial charge on any atom is -0.881 e. The van der Waals surface area contributed by atoms with E-state index in [0.29, 0.717) is 5.69 Å². The summed E-state index contributed by atoms with van der Waals surface area (Å²) >= 11 is 0. The van der Waals surface area contributed by atoms with Crippen LogP contribution in [0.3, 0.4) is 0 Å². The van der Waals surface area contributed by atoms with E-state index in [9.17, 15) is 5.11 Å². The van der Waals surface area contributed by atoms with Crippen LogP contribution < -0.4 is 40.4 Å². The smallest absolute Gasteiger partial charge is 0.881 e. The second kappa shape index (κ2) is 4.31. The van der Waals surface area contributed by atoms with Crippen LogP contribution in [0.2, 0.25) is 0 Å². The van der Waals surface area contributed by atoms with Crippen LogP contribution in [0.4, 0.5) is 11.5 Å². The molecule has 0 saturated carbocycles. The number of nitrogens with zero attached hydrogens (tertiary/aromatic N) is 2. The SMILES string of the molecule is [C-]#[N+]c1c([O-])cc(N)nc1C.[Na+]. The van der Waals surface area contributed by atoms with Crippen LogP contribution in [0.25, 0.3) is 4.85 Å². The Hall–Kier alpha value is -0.760. The largest absolute Gasteiger partial charge is 1.00 e. The van der Waals surface area contributed by atoms with Crippen molar-refractivity contribution in [3.8, 4) is 5.75 Å². The Morgan fingerprint density at radius 3 is 2.67 bits per heavy atom. The Labute approximate surface area is 92.5 Å². The van der Waals surface area contributed by atoms with E-state index in [1.807, 2.05) is 0 Å². The van der Waals surface area contributed by atoms with Gasteiger partial charge in [-0.15, -0.1) is 5.75 Å². The van der Waals surface area contributed by atoms with Gasteiger partial charge in [0, 0.05) is 5.69 Å². The molecule has 0 spiro atoms. The van der Waals surface area contributed by atoms with Gasteiger partial charge in [-0.1, -0.05) is 0 Å². The molecule has 2 N–H and O–H groups in total. The maximum absolute atomic E-state index is 11.0. The Kier molecular flexibility index (Phi) is 4.04. The van der Waals surface area contributed by atoms with Crippen LogP contribution in [0.5, 0.6) is 5.75 Å². The zero-order valence-electron chi connectivity index (χ0n) is 6.96. The molecule has 0 aromatic carbocycles. The first-order valence-corrected chi connectivity index (χ1v) is 2.96. The van der Waals surface area contributed by atoms with Crippen molar-refractivity contribution in [2.24, 2.45) is 0 Å². The number of anilines is 1. The number of nitrogens with two attached hydrogens (primary N) is 1. The quantitative estimate of drug-likeness (QED) is 0.349. The molecule has 56 valence electrons. The molecule has 0 aliphatic rings. The van der Waals surface area contributed by atoms with E-state index in [1.165, 1.54) is 0 Å². The zero-order valence-corrected chi connectivity index (χ0v) is 8.96. The first-order valence-electron chi connectivity index (χ1n) is 2.96. The molecular weight excluding hydrogens is 165 g/mol. The summed E-state index contributed by atoms with van der Waals surface area (Å²) in [5.74, 6) is -0.190. The van der Waals surface area contributed by atoms with Crippen LogP contribution >= 0.6 is 0 Å². The minimum atomic E-state index is -0.356. The van der Waals surface area contributed by atoms with E-state index in [-0.39, 0.29) is 46.8 Å². The van der Waals surface area contributed by atoms with E-state index in [1.54, 1.807) is 6.92 Å². The van der Waals surface area contributed by atoms with Crippen LogP contribution in [-0.2, 0) is 0 Å². The van der Waals surface area contributed by atoms with Crippen LogP contribution in [0.1, 0.15) is 5.69 Å². The molecule has 0 amide bonds. The standard InChI is InChI=1S/C7H7N3O.Na/c1-4-7(9-2)5(11)3-6(8)10-4;/h3H,1H3,(H3,8,10,11);/q;+1/p-1. The topological polar surface area (TPSA) is 66.3 Å². The number of hydrogen-bond acceptors (Lipinski definition) is 3. The summed E-state index contributed by atoms with van der Waals surface area (Å²) in [7, 11) is 0. The predicted octanol–water partition coefficient (Wildman–Crippen LogP) is -2.40. The summed E-state index contributed by atoms with van der Waals surface area (Å²) in [5.41, 5.74) is 5.72. The Morgan fingerprint density at radius 2 is 2.25 bits per heavy atom. The fourth-order valence-electron chi connectivity index (χ4n) is 0.796. The molecule has 1 aromatic rings. The van der Waals surface area contributed by atoms with E-state index in [4.69, 9.17) is 12.3 Å². The average Bonchev–Trinajstić information content (AvgIpc) is 1.85. The van der Waals surface area contributed by atoms with Gasteiger partial charge in [0.15, 0.2) is 5.69 Å². The molecule has 5 heteroatoms. The number of rotatable bonds is 0.